The molecule has 0 aliphatic carbocycles. The summed E-state index contributed by atoms with van der Waals surface area (Å²) in [6.45, 7) is 6.44. The van der Waals surface area contributed by atoms with Gasteiger partial charge in [0, 0.05) is 24.4 Å². The van der Waals surface area contributed by atoms with Crippen molar-refractivity contribution in [2.75, 3.05) is 19.5 Å². The Bertz CT molecular complexity index is 464. The lowest BCUT2D eigenvalue weighted by Crippen LogP contribution is -2.07. The van der Waals surface area contributed by atoms with E-state index in [0.29, 0.717) is 5.92 Å². The molecule has 0 saturated carbocycles. The lowest BCUT2D eigenvalue weighted by atomic mass is 9.93. The molecule has 0 aliphatic heterocycles. The minimum absolute atomic E-state index is 0.444. The Morgan fingerprint density at radius 3 is 2.67 bits per heavy atom. The van der Waals surface area contributed by atoms with E-state index in [4.69, 9.17) is 4.74 Å². The van der Waals surface area contributed by atoms with Crippen molar-refractivity contribution in [1.82, 2.24) is 0 Å². The quantitative estimate of drug-likeness (QED) is 0.691. The summed E-state index contributed by atoms with van der Waals surface area (Å²) in [5.41, 5.74) is 3.22. The Labute approximate surface area is 129 Å². The topological polar surface area (TPSA) is 41.5 Å². The van der Waals surface area contributed by atoms with Gasteiger partial charge in [-0.25, -0.2) is 0 Å². The van der Waals surface area contributed by atoms with E-state index in [1.54, 1.807) is 7.11 Å². The maximum Gasteiger partial charge on any atom is 0.120 e. The fourth-order valence-corrected chi connectivity index (χ4v) is 2.45. The maximum absolute atomic E-state index is 10.5. The molecule has 3 heteroatoms. The predicted molar refractivity (Wildman–Crippen MR) is 89.9 cm³/mol. The molecule has 0 heterocycles. The van der Waals surface area contributed by atoms with Crippen LogP contribution in [0.1, 0.15) is 51.7 Å². The molecule has 0 spiro atoms. The van der Waals surface area contributed by atoms with Gasteiger partial charge in [0.25, 0.3) is 0 Å². The third-order valence-corrected chi connectivity index (χ3v) is 3.73. The molecule has 1 aromatic carbocycles. The smallest absolute Gasteiger partial charge is 0.120 e. The number of hydrogen-bond acceptors (Lipinski definition) is 3. The van der Waals surface area contributed by atoms with Crippen LogP contribution < -0.4 is 10.1 Å². The number of aliphatic hydroxyl groups excluding tert-OH is 1. The summed E-state index contributed by atoms with van der Waals surface area (Å²) in [5, 5.41) is 13.6. The second kappa shape index (κ2) is 8.73. The third-order valence-electron chi connectivity index (χ3n) is 3.73. The number of nitrogens with one attached hydrogen (secondary N) is 1. The molecular formula is C18H29NO2. The van der Waals surface area contributed by atoms with Crippen LogP contribution in [-0.2, 0) is 0 Å². The Morgan fingerprint density at radius 2 is 2.10 bits per heavy atom. The van der Waals surface area contributed by atoms with Gasteiger partial charge in [0.1, 0.15) is 5.75 Å². The highest BCUT2D eigenvalue weighted by atomic mass is 16.5. The zero-order chi connectivity index (χ0) is 15.8. The average Bonchev–Trinajstić information content (AvgIpc) is 2.45. The second-order valence-electron chi connectivity index (χ2n) is 5.92. The molecule has 0 fully saturated rings. The van der Waals surface area contributed by atoms with Gasteiger partial charge in [-0.15, -0.1) is 0 Å². The van der Waals surface area contributed by atoms with Gasteiger partial charge < -0.3 is 15.2 Å². The highest BCUT2D eigenvalue weighted by Gasteiger charge is 2.16. The van der Waals surface area contributed by atoms with Crippen molar-refractivity contribution in [1.29, 1.82) is 0 Å². The lowest BCUT2D eigenvalue weighted by Gasteiger charge is -2.19. The first-order valence-corrected chi connectivity index (χ1v) is 7.65. The molecule has 2 N–H and O–H groups in total. The summed E-state index contributed by atoms with van der Waals surface area (Å²) in [6.07, 6.45) is 4.78. The molecule has 1 rings (SSSR count). The summed E-state index contributed by atoms with van der Waals surface area (Å²) in [6, 6.07) is 5.76. The van der Waals surface area contributed by atoms with E-state index in [-0.39, 0.29) is 0 Å². The number of allylic oxidation sites excluding steroid dienone is 2. The molecule has 0 radical (unpaired) electrons. The zero-order valence-electron chi connectivity index (χ0n) is 13.9. The van der Waals surface area contributed by atoms with E-state index in [1.165, 1.54) is 5.57 Å². The molecule has 0 saturated heterocycles. The number of benzene rings is 1. The monoisotopic (exact) mass is 291 g/mol. The van der Waals surface area contributed by atoms with Crippen molar-refractivity contribution in [3.8, 4) is 5.75 Å². The highest BCUT2D eigenvalue weighted by Crippen LogP contribution is 2.31. The summed E-state index contributed by atoms with van der Waals surface area (Å²) < 4.78 is 5.22. The van der Waals surface area contributed by atoms with Gasteiger partial charge in [-0.1, -0.05) is 24.6 Å². The molecule has 3 nitrogen and oxygen atoms in total. The van der Waals surface area contributed by atoms with E-state index in [0.717, 1.165) is 36.3 Å². The Kier molecular flexibility index (Phi) is 7.30. The first-order valence-electron chi connectivity index (χ1n) is 7.65. The standard InChI is InChI=1S/C18H29NO2/c1-13(2)7-6-8-14(3)11-18(20)16-10-9-15(21-5)12-17(16)19-4/h7,9-10,12,14,18-20H,6,8,11H2,1-5H3/t14-,18?/m1/s1. The molecule has 118 valence electrons. The highest BCUT2D eigenvalue weighted by molar-refractivity contribution is 5.55. The lowest BCUT2D eigenvalue weighted by molar-refractivity contribution is 0.146. The van der Waals surface area contributed by atoms with Crippen molar-refractivity contribution in [2.45, 2.75) is 46.1 Å². The predicted octanol–water partition coefficient (Wildman–Crippen LogP) is 4.54. The molecule has 0 aliphatic rings. The van der Waals surface area contributed by atoms with Crippen LogP contribution in [0.5, 0.6) is 5.75 Å². The van der Waals surface area contributed by atoms with Crippen molar-refractivity contribution in [3.63, 3.8) is 0 Å². The van der Waals surface area contributed by atoms with Crippen molar-refractivity contribution < 1.29 is 9.84 Å². The zero-order valence-corrected chi connectivity index (χ0v) is 13.9. The largest absolute Gasteiger partial charge is 0.497 e. The summed E-state index contributed by atoms with van der Waals surface area (Å²) >= 11 is 0. The molecule has 21 heavy (non-hydrogen) atoms. The summed E-state index contributed by atoms with van der Waals surface area (Å²) in [7, 11) is 3.51. The number of aliphatic hydroxyl groups is 1. The molecule has 0 aromatic heterocycles. The average molecular weight is 291 g/mol. The van der Waals surface area contributed by atoms with Gasteiger partial charge in [-0.3, -0.25) is 0 Å². The molecule has 1 aromatic rings. The van der Waals surface area contributed by atoms with Crippen molar-refractivity contribution in [2.24, 2.45) is 5.92 Å². The first-order chi connectivity index (χ1) is 9.97. The minimum atomic E-state index is -0.444. The number of hydrogen-bond donors (Lipinski definition) is 2. The van der Waals surface area contributed by atoms with Crippen LogP contribution in [0.2, 0.25) is 0 Å². The van der Waals surface area contributed by atoms with Gasteiger partial charge >= 0.3 is 0 Å². The van der Waals surface area contributed by atoms with Crippen LogP contribution in [0.25, 0.3) is 0 Å². The minimum Gasteiger partial charge on any atom is -0.497 e. The number of rotatable bonds is 8. The number of anilines is 1. The van der Waals surface area contributed by atoms with Gasteiger partial charge in [0.05, 0.1) is 13.2 Å². The van der Waals surface area contributed by atoms with E-state index >= 15 is 0 Å². The Hall–Kier alpha value is -1.48. The van der Waals surface area contributed by atoms with Crippen molar-refractivity contribution in [3.05, 3.63) is 35.4 Å². The summed E-state index contributed by atoms with van der Waals surface area (Å²) in [5.74, 6) is 1.29. The van der Waals surface area contributed by atoms with Crippen LogP contribution in [-0.4, -0.2) is 19.3 Å². The van der Waals surface area contributed by atoms with Crippen molar-refractivity contribution >= 4 is 5.69 Å². The molecule has 0 bridgehead atoms. The Balaban J connectivity index is 2.66. The van der Waals surface area contributed by atoms with Crippen LogP contribution in [0, 0.1) is 5.92 Å². The second-order valence-corrected chi connectivity index (χ2v) is 5.92. The van der Waals surface area contributed by atoms with Crippen LogP contribution >= 0.6 is 0 Å². The van der Waals surface area contributed by atoms with Gasteiger partial charge in [-0.05, 0) is 45.1 Å². The fraction of sp³-hybridized carbons (Fsp3) is 0.556. The molecular weight excluding hydrogens is 262 g/mol. The van der Waals surface area contributed by atoms with Crippen LogP contribution in [0.4, 0.5) is 5.69 Å². The van der Waals surface area contributed by atoms with E-state index < -0.39 is 6.10 Å². The normalized spacial score (nSPS) is 13.4. The SMILES string of the molecule is CNc1cc(OC)ccc1C(O)C[C@H](C)CCC=C(C)C. The van der Waals surface area contributed by atoms with Crippen LogP contribution in [0.15, 0.2) is 29.8 Å². The van der Waals surface area contributed by atoms with Gasteiger partial charge in [0.15, 0.2) is 0 Å². The van der Waals surface area contributed by atoms with E-state index in [1.807, 2.05) is 25.2 Å². The molecule has 2 atom stereocenters. The van der Waals surface area contributed by atoms with Crippen LogP contribution in [0.3, 0.4) is 0 Å². The summed E-state index contributed by atoms with van der Waals surface area (Å²) in [4.78, 5) is 0. The van der Waals surface area contributed by atoms with E-state index in [2.05, 4.69) is 32.2 Å². The maximum atomic E-state index is 10.5. The molecule has 1 unspecified atom stereocenters. The van der Waals surface area contributed by atoms with Gasteiger partial charge in [0.2, 0.25) is 0 Å². The Morgan fingerprint density at radius 1 is 1.38 bits per heavy atom. The van der Waals surface area contributed by atoms with E-state index in [9.17, 15) is 5.11 Å². The molecule has 0 amide bonds. The third kappa shape index (κ3) is 5.80. The number of methoxy groups -OCH3 is 1. The number of ether oxygens (including phenoxy) is 1. The fourth-order valence-electron chi connectivity index (χ4n) is 2.45. The first kappa shape index (κ1) is 17.6. The van der Waals surface area contributed by atoms with Gasteiger partial charge in [-0.2, -0.15) is 0 Å².